The second-order valence-electron chi connectivity index (χ2n) is 8.14. The van der Waals surface area contributed by atoms with Gasteiger partial charge in [0.05, 0.1) is 0 Å². The topological polar surface area (TPSA) is 52.7 Å². The van der Waals surface area contributed by atoms with Crippen molar-refractivity contribution in [1.29, 1.82) is 0 Å². The molecule has 3 rings (SSSR count). The van der Waals surface area contributed by atoms with E-state index in [2.05, 4.69) is 5.32 Å². The van der Waals surface area contributed by atoms with Gasteiger partial charge in [-0.05, 0) is 69.7 Å². The van der Waals surface area contributed by atoms with Gasteiger partial charge in [-0.15, -0.1) is 0 Å². The number of hydrogen-bond donors (Lipinski definition) is 1. The van der Waals surface area contributed by atoms with Gasteiger partial charge in [0.25, 0.3) is 0 Å². The third kappa shape index (κ3) is 5.26. The Hall–Kier alpha value is -1.59. The summed E-state index contributed by atoms with van der Waals surface area (Å²) in [5, 5.41) is 4.23. The minimum absolute atomic E-state index is 0.0275. The van der Waals surface area contributed by atoms with E-state index < -0.39 is 0 Å². The van der Waals surface area contributed by atoms with Crippen LogP contribution in [0.15, 0.2) is 18.2 Å². The summed E-state index contributed by atoms with van der Waals surface area (Å²) >= 11 is 6.35. The Morgan fingerprint density at radius 1 is 1.25 bits per heavy atom. The van der Waals surface area contributed by atoms with Crippen molar-refractivity contribution >= 4 is 29.1 Å². The van der Waals surface area contributed by atoms with E-state index in [4.69, 9.17) is 11.6 Å². The molecule has 5 nitrogen and oxygen atoms in total. The van der Waals surface area contributed by atoms with Crippen molar-refractivity contribution in [2.45, 2.75) is 58.4 Å². The van der Waals surface area contributed by atoms with Crippen LogP contribution in [-0.4, -0.2) is 48.9 Å². The Kier molecular flexibility index (Phi) is 7.36. The van der Waals surface area contributed by atoms with Gasteiger partial charge in [-0.2, -0.15) is 0 Å². The van der Waals surface area contributed by atoms with Crippen molar-refractivity contribution in [3.63, 3.8) is 0 Å². The molecule has 2 aliphatic rings. The fourth-order valence-electron chi connectivity index (χ4n) is 4.28. The van der Waals surface area contributed by atoms with Crippen molar-refractivity contribution in [2.75, 3.05) is 31.1 Å². The SMILES string of the molecule is CC(=O)N1CCC(C(=O)N(CCCC2CCCN2)c2ccc(C)c(Cl)c2)CC1. The first-order valence-corrected chi connectivity index (χ1v) is 10.9. The molecule has 6 heteroatoms. The van der Waals surface area contributed by atoms with E-state index in [0.29, 0.717) is 30.7 Å². The number of nitrogens with zero attached hydrogens (tertiary/aromatic N) is 2. The molecule has 2 fully saturated rings. The number of nitrogens with one attached hydrogen (secondary N) is 1. The predicted octanol–water partition coefficient (Wildman–Crippen LogP) is 3.77. The van der Waals surface area contributed by atoms with E-state index in [9.17, 15) is 9.59 Å². The van der Waals surface area contributed by atoms with Crippen LogP contribution in [0, 0.1) is 12.8 Å². The van der Waals surface area contributed by atoms with Crippen LogP contribution in [-0.2, 0) is 9.59 Å². The maximum absolute atomic E-state index is 13.4. The standard InChI is InChI=1S/C22H32ClN3O2/c1-16-7-8-20(15-21(16)23)26(12-4-6-19-5-3-11-24-19)22(28)18-9-13-25(14-10-18)17(2)27/h7-8,15,18-19,24H,3-6,9-14H2,1-2H3. The normalized spacial score (nSPS) is 20.4. The quantitative estimate of drug-likeness (QED) is 0.783. The first-order chi connectivity index (χ1) is 13.5. The lowest BCUT2D eigenvalue weighted by Gasteiger charge is -2.34. The van der Waals surface area contributed by atoms with Gasteiger partial charge in [0.2, 0.25) is 11.8 Å². The van der Waals surface area contributed by atoms with Gasteiger partial charge in [0.15, 0.2) is 0 Å². The summed E-state index contributed by atoms with van der Waals surface area (Å²) in [7, 11) is 0. The number of aryl methyl sites for hydroxylation is 1. The van der Waals surface area contributed by atoms with Crippen LogP contribution in [0.25, 0.3) is 0 Å². The van der Waals surface area contributed by atoms with Gasteiger partial charge in [0.1, 0.15) is 0 Å². The van der Waals surface area contributed by atoms with E-state index in [1.807, 2.05) is 34.9 Å². The Bertz CT molecular complexity index is 695. The molecule has 28 heavy (non-hydrogen) atoms. The van der Waals surface area contributed by atoms with E-state index in [1.165, 1.54) is 12.8 Å². The van der Waals surface area contributed by atoms with Crippen molar-refractivity contribution in [1.82, 2.24) is 10.2 Å². The summed E-state index contributed by atoms with van der Waals surface area (Å²) in [6.45, 7) is 6.72. The summed E-state index contributed by atoms with van der Waals surface area (Å²) in [5.41, 5.74) is 1.90. The Morgan fingerprint density at radius 3 is 2.61 bits per heavy atom. The molecule has 0 saturated carbocycles. The van der Waals surface area contributed by atoms with E-state index in [0.717, 1.165) is 43.5 Å². The lowest BCUT2D eigenvalue weighted by Crippen LogP contribution is -2.44. The second kappa shape index (κ2) is 9.75. The lowest BCUT2D eigenvalue weighted by atomic mass is 9.94. The molecule has 1 unspecified atom stereocenters. The molecule has 0 radical (unpaired) electrons. The molecule has 0 bridgehead atoms. The molecule has 2 aliphatic heterocycles. The van der Waals surface area contributed by atoms with Gasteiger partial charge in [-0.1, -0.05) is 17.7 Å². The summed E-state index contributed by atoms with van der Waals surface area (Å²) in [6.07, 6.45) is 6.01. The molecular weight excluding hydrogens is 374 g/mol. The molecule has 2 heterocycles. The van der Waals surface area contributed by atoms with Crippen LogP contribution < -0.4 is 10.2 Å². The summed E-state index contributed by atoms with van der Waals surface area (Å²) in [6, 6.07) is 6.47. The van der Waals surface area contributed by atoms with E-state index in [1.54, 1.807) is 6.92 Å². The number of amides is 2. The number of benzene rings is 1. The number of halogens is 1. The van der Waals surface area contributed by atoms with Gasteiger partial charge < -0.3 is 15.1 Å². The molecule has 1 N–H and O–H groups in total. The van der Waals surface area contributed by atoms with Crippen molar-refractivity contribution < 1.29 is 9.59 Å². The molecule has 0 spiro atoms. The highest BCUT2D eigenvalue weighted by Crippen LogP contribution is 2.28. The fraction of sp³-hybridized carbons (Fsp3) is 0.636. The average Bonchev–Trinajstić information content (AvgIpc) is 3.21. The third-order valence-electron chi connectivity index (χ3n) is 6.12. The zero-order chi connectivity index (χ0) is 20.1. The summed E-state index contributed by atoms with van der Waals surface area (Å²) in [4.78, 5) is 28.7. The Labute approximate surface area is 173 Å². The molecule has 154 valence electrons. The van der Waals surface area contributed by atoms with Crippen LogP contribution in [0.3, 0.4) is 0 Å². The van der Waals surface area contributed by atoms with Gasteiger partial charge in [-0.25, -0.2) is 0 Å². The minimum Gasteiger partial charge on any atom is -0.343 e. The highest BCUT2D eigenvalue weighted by molar-refractivity contribution is 6.31. The molecule has 1 atom stereocenters. The van der Waals surface area contributed by atoms with Gasteiger partial charge >= 0.3 is 0 Å². The summed E-state index contributed by atoms with van der Waals surface area (Å²) in [5.74, 6) is 0.236. The minimum atomic E-state index is -0.0275. The zero-order valence-electron chi connectivity index (χ0n) is 17.0. The second-order valence-corrected chi connectivity index (χ2v) is 8.55. The molecule has 0 aromatic heterocycles. The van der Waals surface area contributed by atoms with Crippen molar-refractivity contribution in [3.05, 3.63) is 28.8 Å². The summed E-state index contributed by atoms with van der Waals surface area (Å²) < 4.78 is 0. The largest absolute Gasteiger partial charge is 0.343 e. The van der Waals surface area contributed by atoms with Crippen LogP contribution >= 0.6 is 11.6 Å². The maximum atomic E-state index is 13.4. The third-order valence-corrected chi connectivity index (χ3v) is 6.53. The number of anilines is 1. The van der Waals surface area contributed by atoms with Gasteiger partial charge in [0, 0.05) is 49.2 Å². The Balaban J connectivity index is 1.68. The van der Waals surface area contributed by atoms with Crippen LogP contribution in [0.1, 0.15) is 51.0 Å². The van der Waals surface area contributed by atoms with Gasteiger partial charge in [-0.3, -0.25) is 9.59 Å². The average molecular weight is 406 g/mol. The monoisotopic (exact) mass is 405 g/mol. The van der Waals surface area contributed by atoms with E-state index >= 15 is 0 Å². The number of carbonyl (C=O) groups is 2. The maximum Gasteiger partial charge on any atom is 0.230 e. The lowest BCUT2D eigenvalue weighted by molar-refractivity contribution is -0.133. The number of hydrogen-bond acceptors (Lipinski definition) is 3. The first-order valence-electron chi connectivity index (χ1n) is 10.5. The van der Waals surface area contributed by atoms with Crippen LogP contribution in [0.4, 0.5) is 5.69 Å². The number of piperidine rings is 1. The first kappa shape index (κ1) is 21.1. The molecular formula is C22H32ClN3O2. The highest BCUT2D eigenvalue weighted by Gasteiger charge is 2.30. The predicted molar refractivity (Wildman–Crippen MR) is 114 cm³/mol. The van der Waals surface area contributed by atoms with Crippen molar-refractivity contribution in [3.8, 4) is 0 Å². The highest BCUT2D eigenvalue weighted by atomic mass is 35.5. The molecule has 2 saturated heterocycles. The smallest absolute Gasteiger partial charge is 0.230 e. The molecule has 0 aliphatic carbocycles. The number of carbonyl (C=O) groups excluding carboxylic acids is 2. The van der Waals surface area contributed by atoms with E-state index in [-0.39, 0.29) is 17.7 Å². The number of rotatable bonds is 6. The molecule has 1 aromatic carbocycles. The van der Waals surface area contributed by atoms with Crippen LogP contribution in [0.5, 0.6) is 0 Å². The van der Waals surface area contributed by atoms with Crippen LogP contribution in [0.2, 0.25) is 5.02 Å². The Morgan fingerprint density at radius 2 is 2.00 bits per heavy atom. The zero-order valence-corrected chi connectivity index (χ0v) is 17.8. The van der Waals surface area contributed by atoms with Crippen molar-refractivity contribution in [2.24, 2.45) is 5.92 Å². The fourth-order valence-corrected chi connectivity index (χ4v) is 4.45. The number of likely N-dealkylation sites (tertiary alicyclic amines) is 1. The molecule has 2 amide bonds. The molecule has 1 aromatic rings.